The Balaban J connectivity index is 1.71. The van der Waals surface area contributed by atoms with E-state index in [1.807, 2.05) is 25.1 Å². The molecule has 4 heteroatoms. The van der Waals surface area contributed by atoms with Gasteiger partial charge in [0.05, 0.1) is 11.6 Å². The van der Waals surface area contributed by atoms with Crippen LogP contribution in [-0.2, 0) is 4.79 Å². The first-order valence-electron chi connectivity index (χ1n) is 9.18. The molecule has 4 bridgehead atoms. The number of aliphatic hydroxyl groups is 1. The lowest BCUT2D eigenvalue weighted by Crippen LogP contribution is -2.64. The third kappa shape index (κ3) is 2.66. The third-order valence-electron chi connectivity index (χ3n) is 6.47. The fourth-order valence-electron chi connectivity index (χ4n) is 5.95. The molecule has 0 spiro atoms. The van der Waals surface area contributed by atoms with E-state index < -0.39 is 5.60 Å². The van der Waals surface area contributed by atoms with Crippen LogP contribution in [0.1, 0.15) is 57.1 Å². The van der Waals surface area contributed by atoms with Crippen molar-refractivity contribution in [1.29, 1.82) is 0 Å². The summed E-state index contributed by atoms with van der Waals surface area (Å²) in [5.74, 6) is 1.02. The van der Waals surface area contributed by atoms with Crippen LogP contribution in [0.15, 0.2) is 30.3 Å². The van der Waals surface area contributed by atoms with Gasteiger partial charge in [0.2, 0.25) is 5.91 Å². The van der Waals surface area contributed by atoms with Crippen LogP contribution in [0.3, 0.4) is 0 Å². The molecule has 4 aliphatic rings. The number of benzene rings is 1. The molecule has 6 atom stereocenters. The van der Waals surface area contributed by atoms with Crippen LogP contribution in [0, 0.1) is 17.8 Å². The van der Waals surface area contributed by atoms with Gasteiger partial charge < -0.3 is 10.4 Å². The Kier molecular flexibility index (Phi) is 3.92. The van der Waals surface area contributed by atoms with E-state index in [-0.39, 0.29) is 22.7 Å². The predicted octanol–water partition coefficient (Wildman–Crippen LogP) is 3.80. The molecule has 4 fully saturated rings. The van der Waals surface area contributed by atoms with Crippen LogP contribution in [-0.4, -0.2) is 21.5 Å². The number of hydrogen-bond donors (Lipinski definition) is 2. The zero-order chi connectivity index (χ0) is 16.9. The molecule has 0 aliphatic heterocycles. The van der Waals surface area contributed by atoms with Gasteiger partial charge in [-0.3, -0.25) is 4.79 Å². The van der Waals surface area contributed by atoms with Gasteiger partial charge in [0.1, 0.15) is 0 Å². The molecule has 4 aliphatic carbocycles. The van der Waals surface area contributed by atoms with Crippen molar-refractivity contribution < 1.29 is 9.90 Å². The summed E-state index contributed by atoms with van der Waals surface area (Å²) in [6.07, 6.45) is 5.08. The van der Waals surface area contributed by atoms with Crippen LogP contribution in [0.5, 0.6) is 0 Å². The molecule has 1 aromatic carbocycles. The summed E-state index contributed by atoms with van der Waals surface area (Å²) < 4.78 is 0. The average Bonchev–Trinajstić information content (AvgIpc) is 2.51. The van der Waals surface area contributed by atoms with Crippen molar-refractivity contribution in [2.24, 2.45) is 17.8 Å². The van der Waals surface area contributed by atoms with Crippen LogP contribution in [0.25, 0.3) is 0 Å². The Morgan fingerprint density at radius 3 is 2.71 bits per heavy atom. The van der Waals surface area contributed by atoms with E-state index in [1.165, 1.54) is 0 Å². The number of rotatable bonds is 4. The quantitative estimate of drug-likeness (QED) is 0.814. The molecule has 0 radical (unpaired) electrons. The summed E-state index contributed by atoms with van der Waals surface area (Å²) in [7, 11) is 0. The molecule has 3 nitrogen and oxygen atoms in total. The zero-order valence-electron chi connectivity index (χ0n) is 14.2. The van der Waals surface area contributed by atoms with Gasteiger partial charge in [0.25, 0.3) is 0 Å². The van der Waals surface area contributed by atoms with Crippen molar-refractivity contribution in [3.63, 3.8) is 0 Å². The van der Waals surface area contributed by atoms with Crippen molar-refractivity contribution in [3.8, 4) is 0 Å². The molecular weight excluding hydrogens is 322 g/mol. The first kappa shape index (κ1) is 16.4. The van der Waals surface area contributed by atoms with Crippen molar-refractivity contribution >= 4 is 17.5 Å². The van der Waals surface area contributed by atoms with Crippen LogP contribution >= 0.6 is 11.6 Å². The van der Waals surface area contributed by atoms with Gasteiger partial charge >= 0.3 is 0 Å². The molecule has 2 N–H and O–H groups in total. The zero-order valence-corrected chi connectivity index (χ0v) is 14.9. The number of nitrogens with one attached hydrogen (secondary N) is 1. The average molecular weight is 348 g/mol. The molecule has 24 heavy (non-hydrogen) atoms. The van der Waals surface area contributed by atoms with Crippen molar-refractivity contribution in [1.82, 2.24) is 5.32 Å². The second-order valence-electron chi connectivity index (χ2n) is 8.24. The second kappa shape index (κ2) is 5.74. The van der Waals surface area contributed by atoms with Crippen molar-refractivity contribution in [2.45, 2.75) is 62.0 Å². The Hall–Kier alpha value is -1.06. The van der Waals surface area contributed by atoms with Gasteiger partial charge in [-0.2, -0.15) is 0 Å². The van der Waals surface area contributed by atoms with Gasteiger partial charge in [-0.1, -0.05) is 37.3 Å². The molecule has 0 aromatic heterocycles. The first-order valence-corrected chi connectivity index (χ1v) is 9.56. The maximum atomic E-state index is 12.2. The summed E-state index contributed by atoms with van der Waals surface area (Å²) in [5, 5.41) is 14.7. The van der Waals surface area contributed by atoms with E-state index in [0.717, 1.165) is 31.2 Å². The van der Waals surface area contributed by atoms with Gasteiger partial charge in [0, 0.05) is 17.2 Å². The highest BCUT2D eigenvalue weighted by Gasteiger charge is 2.63. The summed E-state index contributed by atoms with van der Waals surface area (Å²) >= 11 is 6.82. The Morgan fingerprint density at radius 2 is 2.08 bits per heavy atom. The molecule has 4 saturated carbocycles. The molecule has 0 heterocycles. The van der Waals surface area contributed by atoms with E-state index in [9.17, 15) is 9.90 Å². The van der Waals surface area contributed by atoms with E-state index in [0.29, 0.717) is 24.7 Å². The normalized spacial score (nSPS) is 41.2. The highest BCUT2D eigenvalue weighted by molar-refractivity contribution is 6.24. The molecular formula is C20H26ClNO2. The maximum absolute atomic E-state index is 12.2. The van der Waals surface area contributed by atoms with E-state index in [4.69, 9.17) is 11.6 Å². The van der Waals surface area contributed by atoms with Crippen LogP contribution < -0.4 is 5.32 Å². The second-order valence-corrected chi connectivity index (χ2v) is 9.04. The molecule has 130 valence electrons. The largest absolute Gasteiger partial charge is 0.389 e. The van der Waals surface area contributed by atoms with Crippen molar-refractivity contribution in [2.75, 3.05) is 0 Å². The fraction of sp³-hybridized carbons (Fsp3) is 0.650. The Morgan fingerprint density at radius 1 is 1.33 bits per heavy atom. The molecule has 1 aromatic rings. The highest BCUT2D eigenvalue weighted by atomic mass is 35.5. The number of carbonyl (C=O) groups is 1. The minimum atomic E-state index is -0.757. The van der Waals surface area contributed by atoms with E-state index in [1.54, 1.807) is 0 Å². The summed E-state index contributed by atoms with van der Waals surface area (Å²) in [6, 6.07) is 9.99. The molecule has 5 rings (SSSR count). The maximum Gasteiger partial charge on any atom is 0.220 e. The standard InChI is InChI=1S/C20H26ClNO2/c1-2-16(23)22-18(14-6-4-3-5-7-14)17-15-8-13-9-19(21,11-15)12-20(17,24)10-13/h3-7,13,15,17-18,24H,2,8-12H2,1H3,(H,22,23)/t13?,15?,17-,18+,19+,20+/m1/s1. The summed E-state index contributed by atoms with van der Waals surface area (Å²) in [5.41, 5.74) is 0.335. The molecule has 1 amide bonds. The van der Waals surface area contributed by atoms with Crippen molar-refractivity contribution in [3.05, 3.63) is 35.9 Å². The number of amides is 1. The number of carbonyl (C=O) groups excluding carboxylic acids is 1. The van der Waals surface area contributed by atoms with Gasteiger partial charge in [-0.15, -0.1) is 11.6 Å². The minimum absolute atomic E-state index is 0.0434. The van der Waals surface area contributed by atoms with Crippen LogP contribution in [0.2, 0.25) is 0 Å². The monoisotopic (exact) mass is 347 g/mol. The summed E-state index contributed by atoms with van der Waals surface area (Å²) in [6.45, 7) is 1.87. The highest BCUT2D eigenvalue weighted by Crippen LogP contribution is 2.64. The smallest absolute Gasteiger partial charge is 0.220 e. The SMILES string of the molecule is CCC(=O)N[C@@H](c1ccccc1)[C@H]1C2CC3C[C@](Cl)(C2)C[C@@]1(O)C3. The van der Waals surface area contributed by atoms with E-state index >= 15 is 0 Å². The molecule has 0 saturated heterocycles. The van der Waals surface area contributed by atoms with Gasteiger partial charge in [0.15, 0.2) is 0 Å². The minimum Gasteiger partial charge on any atom is -0.389 e. The Labute approximate surface area is 148 Å². The number of halogens is 1. The lowest BCUT2D eigenvalue weighted by atomic mass is 9.47. The molecule has 2 unspecified atom stereocenters. The fourth-order valence-corrected chi connectivity index (χ4v) is 6.60. The topological polar surface area (TPSA) is 49.3 Å². The van der Waals surface area contributed by atoms with E-state index in [2.05, 4.69) is 17.4 Å². The number of hydrogen-bond acceptors (Lipinski definition) is 2. The lowest BCUT2D eigenvalue weighted by molar-refractivity contribution is -0.175. The van der Waals surface area contributed by atoms with Crippen LogP contribution in [0.4, 0.5) is 0 Å². The lowest BCUT2D eigenvalue weighted by Gasteiger charge is -2.63. The number of alkyl halides is 1. The summed E-state index contributed by atoms with van der Waals surface area (Å²) in [4.78, 5) is 12.0. The van der Waals surface area contributed by atoms with Gasteiger partial charge in [-0.25, -0.2) is 0 Å². The third-order valence-corrected chi connectivity index (χ3v) is 6.91. The predicted molar refractivity (Wildman–Crippen MR) is 94.7 cm³/mol. The van der Waals surface area contributed by atoms with Gasteiger partial charge in [-0.05, 0) is 49.5 Å². The Bertz CT molecular complexity index is 636. The first-order chi connectivity index (χ1) is 11.4.